The van der Waals surface area contributed by atoms with Crippen molar-refractivity contribution in [3.63, 3.8) is 0 Å². The summed E-state index contributed by atoms with van der Waals surface area (Å²) >= 11 is 0. The van der Waals surface area contributed by atoms with Crippen molar-refractivity contribution in [2.24, 2.45) is 0 Å². The number of para-hydroxylation sites is 4. The van der Waals surface area contributed by atoms with E-state index in [9.17, 15) is 4.79 Å². The molecule has 0 aliphatic carbocycles. The number of hydrogen-bond donors (Lipinski definition) is 0. The van der Waals surface area contributed by atoms with E-state index in [1.54, 1.807) is 12.2 Å². The van der Waals surface area contributed by atoms with Gasteiger partial charge in [0, 0.05) is 12.1 Å². The summed E-state index contributed by atoms with van der Waals surface area (Å²) in [6, 6.07) is 17.0. The van der Waals surface area contributed by atoms with Gasteiger partial charge in [0.05, 0.1) is 22.1 Å². The van der Waals surface area contributed by atoms with Gasteiger partial charge < -0.3 is 9.13 Å². The van der Waals surface area contributed by atoms with Crippen LogP contribution in [0.5, 0.6) is 0 Å². The lowest BCUT2D eigenvalue weighted by molar-refractivity contribution is -0.110. The molecule has 0 spiro atoms. The Kier molecular flexibility index (Phi) is 7.41. The number of hydrogen-bond acceptors (Lipinski definition) is 3. The average molecular weight is 455 g/mol. The number of aromatic nitrogens is 4. The van der Waals surface area contributed by atoms with E-state index < -0.39 is 0 Å². The van der Waals surface area contributed by atoms with Crippen molar-refractivity contribution in [1.82, 2.24) is 19.1 Å². The number of ketones is 1. The molecule has 0 radical (unpaired) electrons. The van der Waals surface area contributed by atoms with Crippen LogP contribution in [0, 0.1) is 0 Å². The van der Waals surface area contributed by atoms with Gasteiger partial charge in [-0.1, -0.05) is 52.0 Å². The van der Waals surface area contributed by atoms with E-state index in [0.29, 0.717) is 12.1 Å². The van der Waals surface area contributed by atoms with E-state index in [0.717, 1.165) is 59.4 Å². The van der Waals surface area contributed by atoms with Crippen molar-refractivity contribution in [2.45, 2.75) is 65.5 Å². The zero-order chi connectivity index (χ0) is 24.1. The van der Waals surface area contributed by atoms with Crippen molar-refractivity contribution in [2.75, 3.05) is 0 Å². The van der Waals surface area contributed by atoms with E-state index in [4.69, 9.17) is 9.97 Å². The molecular formula is C29H34N4O. The summed E-state index contributed by atoms with van der Waals surface area (Å²) in [4.78, 5) is 22.4. The molecule has 34 heavy (non-hydrogen) atoms. The zero-order valence-corrected chi connectivity index (χ0v) is 20.6. The molecule has 0 bridgehead atoms. The van der Waals surface area contributed by atoms with Crippen LogP contribution in [-0.2, 0) is 4.79 Å². The first-order valence-corrected chi connectivity index (χ1v) is 12.4. The van der Waals surface area contributed by atoms with Crippen LogP contribution in [0.3, 0.4) is 0 Å². The summed E-state index contributed by atoms with van der Waals surface area (Å²) in [5, 5.41) is 0. The summed E-state index contributed by atoms with van der Waals surface area (Å²) < 4.78 is 4.52. The summed E-state index contributed by atoms with van der Waals surface area (Å²) in [5.74, 6) is 1.56. The molecule has 2 aromatic carbocycles. The Morgan fingerprint density at radius 2 is 1.09 bits per heavy atom. The van der Waals surface area contributed by atoms with Crippen molar-refractivity contribution in [1.29, 1.82) is 0 Å². The van der Waals surface area contributed by atoms with Crippen LogP contribution in [0.2, 0.25) is 0 Å². The molecular weight excluding hydrogens is 420 g/mol. The van der Waals surface area contributed by atoms with Gasteiger partial charge >= 0.3 is 0 Å². The van der Waals surface area contributed by atoms with Crippen LogP contribution < -0.4 is 0 Å². The third kappa shape index (κ3) is 4.60. The molecule has 2 heterocycles. The Bertz CT molecular complexity index is 1230. The third-order valence-electron chi connectivity index (χ3n) is 6.65. The molecule has 0 aliphatic rings. The standard InChI is InChI=1S/C29H34N4O/c1-5-21(6-2)32-26-15-11-9-13-24(26)30-28(32)19-17-23(34)18-20-29-31-25-14-10-12-16-27(25)33(29)22(7-3)8-4/h9-22H,5-8H2,1-4H3/b19-17+,20-18+. The number of allylic oxidation sites excluding steroid dienone is 2. The Morgan fingerprint density at radius 1 is 0.706 bits per heavy atom. The Balaban J connectivity index is 1.64. The van der Waals surface area contributed by atoms with E-state index in [1.165, 1.54) is 0 Å². The number of rotatable bonds is 10. The van der Waals surface area contributed by atoms with Crippen LogP contribution in [0.1, 0.15) is 77.1 Å². The van der Waals surface area contributed by atoms with Gasteiger partial charge in [-0.3, -0.25) is 4.79 Å². The van der Waals surface area contributed by atoms with Crippen molar-refractivity contribution in [3.05, 3.63) is 72.3 Å². The monoisotopic (exact) mass is 454 g/mol. The molecule has 0 unspecified atom stereocenters. The number of nitrogens with zero attached hydrogens (tertiary/aromatic N) is 4. The first kappa shape index (κ1) is 23.7. The van der Waals surface area contributed by atoms with E-state index in [-0.39, 0.29) is 5.78 Å². The molecule has 4 aromatic rings. The molecule has 5 nitrogen and oxygen atoms in total. The largest absolute Gasteiger partial charge is 0.321 e. The molecule has 0 amide bonds. The number of fused-ring (bicyclic) bond motifs is 2. The van der Waals surface area contributed by atoms with Crippen LogP contribution in [0.15, 0.2) is 60.7 Å². The van der Waals surface area contributed by atoms with Gasteiger partial charge in [-0.15, -0.1) is 0 Å². The van der Waals surface area contributed by atoms with Gasteiger partial charge in [0.2, 0.25) is 0 Å². The van der Waals surface area contributed by atoms with E-state index in [2.05, 4.69) is 49.0 Å². The minimum absolute atomic E-state index is 0.0775. The second kappa shape index (κ2) is 10.6. The lowest BCUT2D eigenvalue weighted by Crippen LogP contribution is -2.09. The van der Waals surface area contributed by atoms with E-state index >= 15 is 0 Å². The molecule has 0 N–H and O–H groups in total. The summed E-state index contributed by atoms with van der Waals surface area (Å²) in [5.41, 5.74) is 4.13. The fraction of sp³-hybridized carbons (Fsp3) is 0.345. The minimum atomic E-state index is -0.0775. The molecule has 0 fully saturated rings. The quantitative estimate of drug-likeness (QED) is 0.235. The molecule has 0 atom stereocenters. The smallest absolute Gasteiger partial charge is 0.178 e. The summed E-state index contributed by atoms with van der Waals surface area (Å²) in [6.07, 6.45) is 11.0. The topological polar surface area (TPSA) is 52.7 Å². The predicted octanol–water partition coefficient (Wildman–Crippen LogP) is 7.40. The van der Waals surface area contributed by atoms with Crippen LogP contribution in [0.4, 0.5) is 0 Å². The van der Waals surface area contributed by atoms with Gasteiger partial charge in [-0.2, -0.15) is 0 Å². The molecule has 0 aliphatic heterocycles. The van der Waals surface area contributed by atoms with E-state index in [1.807, 2.05) is 48.6 Å². The second-order valence-electron chi connectivity index (χ2n) is 8.67. The van der Waals surface area contributed by atoms with Crippen LogP contribution in [-0.4, -0.2) is 24.9 Å². The first-order valence-electron chi connectivity index (χ1n) is 12.4. The zero-order valence-electron chi connectivity index (χ0n) is 20.6. The maximum atomic E-state index is 12.8. The molecule has 0 saturated heterocycles. The highest BCUT2D eigenvalue weighted by Gasteiger charge is 2.16. The average Bonchev–Trinajstić information content (AvgIpc) is 3.42. The fourth-order valence-corrected chi connectivity index (χ4v) is 4.81. The van der Waals surface area contributed by atoms with Gasteiger partial charge in [0.1, 0.15) is 11.6 Å². The normalized spacial score (nSPS) is 12.4. The highest BCUT2D eigenvalue weighted by atomic mass is 16.1. The Morgan fingerprint density at radius 3 is 1.47 bits per heavy atom. The van der Waals surface area contributed by atoms with Crippen LogP contribution >= 0.6 is 0 Å². The highest BCUT2D eigenvalue weighted by Crippen LogP contribution is 2.27. The van der Waals surface area contributed by atoms with Crippen molar-refractivity contribution in [3.8, 4) is 0 Å². The van der Waals surface area contributed by atoms with Crippen LogP contribution in [0.25, 0.3) is 34.2 Å². The molecule has 4 rings (SSSR count). The molecule has 5 heteroatoms. The highest BCUT2D eigenvalue weighted by molar-refractivity contribution is 6.04. The Labute approximate surface area is 201 Å². The third-order valence-corrected chi connectivity index (χ3v) is 6.65. The molecule has 2 aromatic heterocycles. The maximum absolute atomic E-state index is 12.8. The first-order chi connectivity index (χ1) is 16.6. The minimum Gasteiger partial charge on any atom is -0.321 e. The number of imidazole rings is 2. The number of carbonyl (C=O) groups is 1. The molecule has 176 valence electrons. The molecule has 0 saturated carbocycles. The van der Waals surface area contributed by atoms with Gasteiger partial charge in [0.15, 0.2) is 5.78 Å². The summed E-state index contributed by atoms with van der Waals surface area (Å²) in [7, 11) is 0. The van der Waals surface area contributed by atoms with Crippen molar-refractivity contribution < 1.29 is 4.79 Å². The van der Waals surface area contributed by atoms with Gasteiger partial charge in [0.25, 0.3) is 0 Å². The fourth-order valence-electron chi connectivity index (χ4n) is 4.81. The SMILES string of the molecule is CCC(CC)n1c(/C=C/C(=O)/C=C/c2nc3ccccc3n2C(CC)CC)nc2ccccc21. The summed E-state index contributed by atoms with van der Waals surface area (Å²) in [6.45, 7) is 8.76. The van der Waals surface area contributed by atoms with Gasteiger partial charge in [-0.25, -0.2) is 9.97 Å². The van der Waals surface area contributed by atoms with Gasteiger partial charge in [-0.05, 0) is 74.3 Å². The second-order valence-corrected chi connectivity index (χ2v) is 8.67. The maximum Gasteiger partial charge on any atom is 0.178 e. The van der Waals surface area contributed by atoms with Crippen molar-refractivity contribution >= 4 is 40.0 Å². The predicted molar refractivity (Wildman–Crippen MR) is 142 cm³/mol. The number of carbonyl (C=O) groups excluding carboxylic acids is 1. The lowest BCUT2D eigenvalue weighted by Gasteiger charge is -2.17. The number of benzene rings is 2. The lowest BCUT2D eigenvalue weighted by atomic mass is 10.1. The Hall–Kier alpha value is -3.47.